The highest BCUT2D eigenvalue weighted by atomic mass is 32.1. The lowest BCUT2D eigenvalue weighted by Gasteiger charge is -2.32. The summed E-state index contributed by atoms with van der Waals surface area (Å²) in [5.74, 6) is 0.765. The molecule has 1 aliphatic rings. The summed E-state index contributed by atoms with van der Waals surface area (Å²) in [7, 11) is 0. The van der Waals surface area contributed by atoms with Crippen molar-refractivity contribution in [2.75, 3.05) is 5.73 Å². The molecule has 0 aliphatic heterocycles. The van der Waals surface area contributed by atoms with Crippen LogP contribution in [0.15, 0.2) is 23.1 Å². The summed E-state index contributed by atoms with van der Waals surface area (Å²) in [5.41, 5.74) is 13.5. The molecule has 1 saturated carbocycles. The Labute approximate surface area is 90.1 Å². The van der Waals surface area contributed by atoms with Crippen molar-refractivity contribution in [1.29, 1.82) is 0 Å². The highest BCUT2D eigenvalue weighted by Gasteiger charge is 2.25. The number of hydrogen-bond donors (Lipinski definition) is 3. The Hall–Kier alpha value is -0.670. The summed E-state index contributed by atoms with van der Waals surface area (Å²) < 4.78 is 0. The lowest BCUT2D eigenvalue weighted by atomic mass is 9.77. The molecule has 0 heterocycles. The first-order valence-corrected chi connectivity index (χ1v) is 5.43. The molecule has 4 N–H and O–H groups in total. The van der Waals surface area contributed by atoms with E-state index >= 15 is 0 Å². The Morgan fingerprint density at radius 2 is 2.07 bits per heavy atom. The van der Waals surface area contributed by atoms with Gasteiger partial charge in [-0.2, -0.15) is 0 Å². The predicted molar refractivity (Wildman–Crippen MR) is 62.5 cm³/mol. The first-order valence-electron chi connectivity index (χ1n) is 4.98. The monoisotopic (exact) mass is 208 g/mol. The topological polar surface area (TPSA) is 52.0 Å². The normalized spacial score (nSPS) is 25.9. The standard InChI is InChI=1S/C11H16N2S/c12-9-4-8(5-9)3-7-1-2-10(13)11(14)6-7/h1-2,6,8-9,14H,3-5,12-13H2. The highest BCUT2D eigenvalue weighted by Crippen LogP contribution is 2.30. The maximum Gasteiger partial charge on any atom is 0.0449 e. The molecule has 0 atom stereocenters. The molecule has 0 unspecified atom stereocenters. The van der Waals surface area contributed by atoms with Gasteiger partial charge in [0.25, 0.3) is 0 Å². The third kappa shape index (κ3) is 2.04. The van der Waals surface area contributed by atoms with E-state index in [1.807, 2.05) is 6.07 Å². The van der Waals surface area contributed by atoms with Gasteiger partial charge in [0.1, 0.15) is 0 Å². The highest BCUT2D eigenvalue weighted by molar-refractivity contribution is 7.80. The Morgan fingerprint density at radius 1 is 1.36 bits per heavy atom. The number of thiol groups is 1. The molecular formula is C11H16N2S. The van der Waals surface area contributed by atoms with E-state index in [1.165, 1.54) is 5.56 Å². The minimum absolute atomic E-state index is 0.434. The van der Waals surface area contributed by atoms with Crippen LogP contribution in [0.3, 0.4) is 0 Å². The zero-order valence-electron chi connectivity index (χ0n) is 8.11. The summed E-state index contributed by atoms with van der Waals surface area (Å²) in [6.45, 7) is 0. The number of nitrogen functional groups attached to an aromatic ring is 1. The average Bonchev–Trinajstić information content (AvgIpc) is 2.09. The molecule has 1 fully saturated rings. The van der Waals surface area contributed by atoms with Gasteiger partial charge in [0.2, 0.25) is 0 Å². The van der Waals surface area contributed by atoms with Gasteiger partial charge >= 0.3 is 0 Å². The van der Waals surface area contributed by atoms with Crippen molar-refractivity contribution < 1.29 is 0 Å². The fraction of sp³-hybridized carbons (Fsp3) is 0.455. The molecule has 3 heteroatoms. The zero-order valence-corrected chi connectivity index (χ0v) is 9.00. The molecule has 2 nitrogen and oxygen atoms in total. The molecule has 76 valence electrons. The first-order chi connectivity index (χ1) is 6.65. The van der Waals surface area contributed by atoms with Gasteiger partial charge in [-0.1, -0.05) is 6.07 Å². The van der Waals surface area contributed by atoms with Gasteiger partial charge < -0.3 is 11.5 Å². The van der Waals surface area contributed by atoms with Gasteiger partial charge in [0, 0.05) is 16.6 Å². The van der Waals surface area contributed by atoms with Crippen molar-refractivity contribution >= 4 is 18.3 Å². The minimum atomic E-state index is 0.434. The van der Waals surface area contributed by atoms with E-state index in [9.17, 15) is 0 Å². The van der Waals surface area contributed by atoms with Crippen LogP contribution in [0.2, 0.25) is 0 Å². The number of benzene rings is 1. The Kier molecular flexibility index (Phi) is 2.70. The van der Waals surface area contributed by atoms with E-state index < -0.39 is 0 Å². The summed E-state index contributed by atoms with van der Waals surface area (Å²) >= 11 is 4.31. The molecule has 14 heavy (non-hydrogen) atoms. The smallest absolute Gasteiger partial charge is 0.0449 e. The summed E-state index contributed by atoms with van der Waals surface area (Å²) in [6.07, 6.45) is 3.43. The molecular weight excluding hydrogens is 192 g/mol. The number of anilines is 1. The van der Waals surface area contributed by atoms with Crippen LogP contribution in [0.4, 0.5) is 5.69 Å². The van der Waals surface area contributed by atoms with Crippen LogP contribution in [0, 0.1) is 5.92 Å². The Balaban J connectivity index is 2.00. The fourth-order valence-electron chi connectivity index (χ4n) is 2.00. The summed E-state index contributed by atoms with van der Waals surface area (Å²) in [5, 5.41) is 0. The van der Waals surface area contributed by atoms with Gasteiger partial charge in [-0.15, -0.1) is 12.6 Å². The van der Waals surface area contributed by atoms with E-state index in [0.717, 1.165) is 35.8 Å². The average molecular weight is 208 g/mol. The molecule has 0 bridgehead atoms. The van der Waals surface area contributed by atoms with Gasteiger partial charge in [-0.25, -0.2) is 0 Å². The van der Waals surface area contributed by atoms with Crippen molar-refractivity contribution in [2.45, 2.75) is 30.2 Å². The Morgan fingerprint density at radius 3 is 2.64 bits per heavy atom. The van der Waals surface area contributed by atoms with Crippen LogP contribution in [-0.4, -0.2) is 6.04 Å². The van der Waals surface area contributed by atoms with Crippen molar-refractivity contribution in [3.63, 3.8) is 0 Å². The maximum atomic E-state index is 5.74. The molecule has 1 aromatic carbocycles. The van der Waals surface area contributed by atoms with Crippen molar-refractivity contribution in [3.05, 3.63) is 23.8 Å². The quantitative estimate of drug-likeness (QED) is 0.513. The molecule has 0 spiro atoms. The third-order valence-electron chi connectivity index (χ3n) is 2.89. The number of nitrogens with two attached hydrogens (primary N) is 2. The largest absolute Gasteiger partial charge is 0.398 e. The van der Waals surface area contributed by atoms with Crippen LogP contribution in [0.25, 0.3) is 0 Å². The number of hydrogen-bond acceptors (Lipinski definition) is 3. The summed E-state index contributed by atoms with van der Waals surface area (Å²) in [4.78, 5) is 0.881. The second-order valence-corrected chi connectivity index (χ2v) is 4.68. The minimum Gasteiger partial charge on any atom is -0.398 e. The van der Waals surface area contributed by atoms with Crippen LogP contribution < -0.4 is 11.5 Å². The van der Waals surface area contributed by atoms with Crippen molar-refractivity contribution in [2.24, 2.45) is 11.7 Å². The zero-order chi connectivity index (χ0) is 10.1. The molecule has 2 rings (SSSR count). The number of rotatable bonds is 2. The van der Waals surface area contributed by atoms with Crippen LogP contribution >= 0.6 is 12.6 Å². The van der Waals surface area contributed by atoms with E-state index in [1.54, 1.807) is 0 Å². The van der Waals surface area contributed by atoms with E-state index in [2.05, 4.69) is 24.8 Å². The maximum absolute atomic E-state index is 5.74. The molecule has 0 aromatic heterocycles. The van der Waals surface area contributed by atoms with Crippen LogP contribution in [0.5, 0.6) is 0 Å². The second kappa shape index (κ2) is 3.83. The summed E-state index contributed by atoms with van der Waals surface area (Å²) in [6, 6.07) is 6.50. The third-order valence-corrected chi connectivity index (χ3v) is 3.28. The van der Waals surface area contributed by atoms with Gasteiger partial charge in [0.05, 0.1) is 0 Å². The van der Waals surface area contributed by atoms with Crippen LogP contribution in [-0.2, 0) is 6.42 Å². The molecule has 0 amide bonds. The fourth-order valence-corrected chi connectivity index (χ4v) is 2.24. The van der Waals surface area contributed by atoms with E-state index in [4.69, 9.17) is 11.5 Å². The lowest BCUT2D eigenvalue weighted by Crippen LogP contribution is -2.37. The molecule has 0 radical (unpaired) electrons. The molecule has 0 saturated heterocycles. The van der Waals surface area contributed by atoms with Gasteiger partial charge in [0.15, 0.2) is 0 Å². The second-order valence-electron chi connectivity index (χ2n) is 4.19. The molecule has 1 aromatic rings. The van der Waals surface area contributed by atoms with E-state index in [0.29, 0.717) is 6.04 Å². The van der Waals surface area contributed by atoms with Crippen molar-refractivity contribution in [1.82, 2.24) is 0 Å². The van der Waals surface area contributed by atoms with Crippen LogP contribution in [0.1, 0.15) is 18.4 Å². The van der Waals surface area contributed by atoms with Crippen molar-refractivity contribution in [3.8, 4) is 0 Å². The molecule has 1 aliphatic carbocycles. The first kappa shape index (κ1) is 9.87. The van der Waals surface area contributed by atoms with Gasteiger partial charge in [-0.05, 0) is 42.9 Å². The van der Waals surface area contributed by atoms with Gasteiger partial charge in [-0.3, -0.25) is 0 Å². The lowest BCUT2D eigenvalue weighted by molar-refractivity contribution is 0.264. The van der Waals surface area contributed by atoms with E-state index in [-0.39, 0.29) is 0 Å². The predicted octanol–water partition coefficient (Wildman–Crippen LogP) is 1.84. The SMILES string of the molecule is Nc1ccc(CC2CC(N)C2)cc1S. The Bertz CT molecular complexity index is 332.